The first-order chi connectivity index (χ1) is 9.65. The molecule has 1 amide bonds. The van der Waals surface area contributed by atoms with Crippen LogP contribution in [0.15, 0.2) is 18.2 Å². The molecule has 1 saturated carbocycles. The molecule has 1 aliphatic carbocycles. The quantitative estimate of drug-likeness (QED) is 0.622. The fraction of sp³-hybridized carbons (Fsp3) is 0.533. The zero-order valence-electron chi connectivity index (χ0n) is 11.5. The molecule has 1 aliphatic rings. The van der Waals surface area contributed by atoms with Crippen LogP contribution in [0.2, 0.25) is 0 Å². The standard InChI is InChI=1S/C15H21FN2O2/c16-13-6-5-12(9-14(13)17)18-15(19)7-8-20-10-11-3-1-2-4-11/h5-6,9,11H,1-4,7-8,10,17H2,(H,18,19). The molecular weight excluding hydrogens is 259 g/mol. The number of halogens is 1. The number of carbonyl (C=O) groups excluding carboxylic acids is 1. The molecule has 0 atom stereocenters. The highest BCUT2D eigenvalue weighted by atomic mass is 19.1. The molecule has 4 nitrogen and oxygen atoms in total. The number of amides is 1. The van der Waals surface area contributed by atoms with Crippen LogP contribution in [0.5, 0.6) is 0 Å². The Morgan fingerprint density at radius 3 is 2.85 bits per heavy atom. The van der Waals surface area contributed by atoms with Crippen LogP contribution in [0.3, 0.4) is 0 Å². The summed E-state index contributed by atoms with van der Waals surface area (Å²) in [6, 6.07) is 4.14. The maximum atomic E-state index is 13.0. The fourth-order valence-corrected chi connectivity index (χ4v) is 2.44. The third-order valence-electron chi connectivity index (χ3n) is 3.58. The second-order valence-corrected chi connectivity index (χ2v) is 5.26. The third-order valence-corrected chi connectivity index (χ3v) is 3.58. The number of nitrogens with two attached hydrogens (primary N) is 1. The Bertz CT molecular complexity index is 459. The average Bonchev–Trinajstić information content (AvgIpc) is 2.92. The van der Waals surface area contributed by atoms with E-state index in [4.69, 9.17) is 10.5 Å². The lowest BCUT2D eigenvalue weighted by atomic mass is 10.1. The van der Waals surface area contributed by atoms with Gasteiger partial charge in [-0.3, -0.25) is 4.79 Å². The van der Waals surface area contributed by atoms with Crippen LogP contribution in [0.4, 0.5) is 15.8 Å². The van der Waals surface area contributed by atoms with Crippen LogP contribution in [0.25, 0.3) is 0 Å². The number of rotatable bonds is 6. The summed E-state index contributed by atoms with van der Waals surface area (Å²) in [7, 11) is 0. The Morgan fingerprint density at radius 1 is 1.40 bits per heavy atom. The maximum Gasteiger partial charge on any atom is 0.226 e. The first kappa shape index (κ1) is 14.8. The number of nitrogens with one attached hydrogen (secondary N) is 1. The van der Waals surface area contributed by atoms with Gasteiger partial charge in [0.15, 0.2) is 0 Å². The molecule has 20 heavy (non-hydrogen) atoms. The van der Waals surface area contributed by atoms with Gasteiger partial charge in [0.1, 0.15) is 5.82 Å². The molecule has 5 heteroatoms. The van der Waals surface area contributed by atoms with Crippen LogP contribution >= 0.6 is 0 Å². The molecule has 2 rings (SSSR count). The van der Waals surface area contributed by atoms with E-state index >= 15 is 0 Å². The van der Waals surface area contributed by atoms with Crippen molar-refractivity contribution in [3.05, 3.63) is 24.0 Å². The molecule has 0 unspecified atom stereocenters. The van der Waals surface area contributed by atoms with E-state index in [1.165, 1.54) is 43.9 Å². The van der Waals surface area contributed by atoms with Gasteiger partial charge in [-0.1, -0.05) is 12.8 Å². The van der Waals surface area contributed by atoms with E-state index < -0.39 is 5.82 Å². The number of carbonyl (C=O) groups is 1. The number of hydrogen-bond donors (Lipinski definition) is 2. The molecule has 0 aliphatic heterocycles. The van der Waals surface area contributed by atoms with Crippen molar-refractivity contribution < 1.29 is 13.9 Å². The van der Waals surface area contributed by atoms with E-state index in [1.807, 2.05) is 0 Å². The average molecular weight is 280 g/mol. The molecule has 110 valence electrons. The highest BCUT2D eigenvalue weighted by Gasteiger charge is 2.14. The Kier molecular flexibility index (Phi) is 5.35. The molecule has 0 saturated heterocycles. The van der Waals surface area contributed by atoms with Crippen LogP contribution in [0.1, 0.15) is 32.1 Å². The molecule has 0 radical (unpaired) electrons. The zero-order valence-corrected chi connectivity index (χ0v) is 11.5. The van der Waals surface area contributed by atoms with Gasteiger partial charge in [-0.2, -0.15) is 0 Å². The lowest BCUT2D eigenvalue weighted by Gasteiger charge is -2.10. The minimum absolute atomic E-state index is 0.0280. The lowest BCUT2D eigenvalue weighted by Crippen LogP contribution is -2.16. The number of anilines is 2. The van der Waals surface area contributed by atoms with Crippen molar-refractivity contribution in [3.63, 3.8) is 0 Å². The van der Waals surface area contributed by atoms with Crippen LogP contribution < -0.4 is 11.1 Å². The summed E-state index contributed by atoms with van der Waals surface area (Å²) in [5.74, 6) is 0.0280. The molecule has 1 fully saturated rings. The van der Waals surface area contributed by atoms with Crippen molar-refractivity contribution in [3.8, 4) is 0 Å². The summed E-state index contributed by atoms with van der Waals surface area (Å²) >= 11 is 0. The molecule has 0 aromatic heterocycles. The van der Waals surface area contributed by atoms with Crippen molar-refractivity contribution in [2.24, 2.45) is 5.92 Å². The predicted octanol–water partition coefficient (Wildman–Crippen LogP) is 2.94. The highest BCUT2D eigenvalue weighted by molar-refractivity contribution is 5.91. The lowest BCUT2D eigenvalue weighted by molar-refractivity contribution is -0.117. The van der Waals surface area contributed by atoms with Crippen LogP contribution in [0, 0.1) is 11.7 Å². The zero-order chi connectivity index (χ0) is 14.4. The minimum atomic E-state index is -0.483. The molecule has 0 heterocycles. The Hall–Kier alpha value is -1.62. The number of nitrogen functional groups attached to an aromatic ring is 1. The van der Waals surface area contributed by atoms with Crippen molar-refractivity contribution in [2.75, 3.05) is 24.3 Å². The van der Waals surface area contributed by atoms with E-state index in [9.17, 15) is 9.18 Å². The number of benzene rings is 1. The molecular formula is C15H21FN2O2. The van der Waals surface area contributed by atoms with Crippen molar-refractivity contribution in [1.29, 1.82) is 0 Å². The van der Waals surface area contributed by atoms with E-state index in [2.05, 4.69) is 5.32 Å². The van der Waals surface area contributed by atoms with Gasteiger partial charge in [-0.15, -0.1) is 0 Å². The van der Waals surface area contributed by atoms with Crippen LogP contribution in [-0.2, 0) is 9.53 Å². The molecule has 1 aromatic carbocycles. The maximum absolute atomic E-state index is 13.0. The second-order valence-electron chi connectivity index (χ2n) is 5.26. The van der Waals surface area contributed by atoms with E-state index in [-0.39, 0.29) is 11.6 Å². The first-order valence-electron chi connectivity index (χ1n) is 7.08. The molecule has 3 N–H and O–H groups in total. The summed E-state index contributed by atoms with van der Waals surface area (Å²) in [6.07, 6.45) is 5.35. The largest absolute Gasteiger partial charge is 0.396 e. The molecule has 0 bridgehead atoms. The minimum Gasteiger partial charge on any atom is -0.396 e. The number of hydrogen-bond acceptors (Lipinski definition) is 3. The van der Waals surface area contributed by atoms with Gasteiger partial charge >= 0.3 is 0 Å². The normalized spacial score (nSPS) is 15.4. The SMILES string of the molecule is Nc1cc(NC(=O)CCOCC2CCCC2)ccc1F. The van der Waals surface area contributed by atoms with Gasteiger partial charge in [0.25, 0.3) is 0 Å². The fourth-order valence-electron chi connectivity index (χ4n) is 2.44. The van der Waals surface area contributed by atoms with Gasteiger partial charge in [0, 0.05) is 12.3 Å². The van der Waals surface area contributed by atoms with Gasteiger partial charge in [-0.05, 0) is 37.0 Å². The summed E-state index contributed by atoms with van der Waals surface area (Å²) in [4.78, 5) is 11.7. The topological polar surface area (TPSA) is 64.3 Å². The van der Waals surface area contributed by atoms with Crippen molar-refractivity contribution >= 4 is 17.3 Å². The van der Waals surface area contributed by atoms with E-state index in [0.717, 1.165) is 6.61 Å². The molecule has 0 spiro atoms. The monoisotopic (exact) mass is 280 g/mol. The highest BCUT2D eigenvalue weighted by Crippen LogP contribution is 2.24. The number of ether oxygens (including phenoxy) is 1. The summed E-state index contributed by atoms with van der Waals surface area (Å²) in [5, 5.41) is 2.67. The van der Waals surface area contributed by atoms with E-state index in [1.54, 1.807) is 0 Å². The van der Waals surface area contributed by atoms with E-state index in [0.29, 0.717) is 24.6 Å². The van der Waals surface area contributed by atoms with Crippen molar-refractivity contribution in [2.45, 2.75) is 32.1 Å². The van der Waals surface area contributed by atoms with Gasteiger partial charge in [0.2, 0.25) is 5.91 Å². The van der Waals surface area contributed by atoms with Gasteiger partial charge in [-0.25, -0.2) is 4.39 Å². The molecule has 1 aromatic rings. The van der Waals surface area contributed by atoms with Gasteiger partial charge in [0.05, 0.1) is 18.7 Å². The predicted molar refractivity (Wildman–Crippen MR) is 76.8 cm³/mol. The smallest absolute Gasteiger partial charge is 0.226 e. The third kappa shape index (κ3) is 4.49. The van der Waals surface area contributed by atoms with Gasteiger partial charge < -0.3 is 15.8 Å². The second kappa shape index (κ2) is 7.24. The van der Waals surface area contributed by atoms with Crippen molar-refractivity contribution in [1.82, 2.24) is 0 Å². The summed E-state index contributed by atoms with van der Waals surface area (Å²) in [5.41, 5.74) is 5.97. The van der Waals surface area contributed by atoms with Crippen LogP contribution in [-0.4, -0.2) is 19.1 Å². The first-order valence-corrected chi connectivity index (χ1v) is 7.08. The Morgan fingerprint density at radius 2 is 2.15 bits per heavy atom. The Balaban J connectivity index is 1.65. The summed E-state index contributed by atoms with van der Waals surface area (Å²) in [6.45, 7) is 1.16. The summed E-state index contributed by atoms with van der Waals surface area (Å²) < 4.78 is 18.5. The Labute approximate surface area is 118 Å².